The van der Waals surface area contributed by atoms with E-state index in [0.717, 1.165) is 53.5 Å². The third-order valence-corrected chi connectivity index (χ3v) is 5.35. The maximum absolute atomic E-state index is 12.6. The summed E-state index contributed by atoms with van der Waals surface area (Å²) in [5, 5.41) is 3.03. The van der Waals surface area contributed by atoms with Crippen LogP contribution < -0.4 is 19.7 Å². The lowest BCUT2D eigenvalue weighted by Crippen LogP contribution is -2.20. The van der Waals surface area contributed by atoms with E-state index in [4.69, 9.17) is 9.47 Å². The molecule has 29 heavy (non-hydrogen) atoms. The van der Waals surface area contributed by atoms with Crippen LogP contribution in [0.5, 0.6) is 11.5 Å². The minimum absolute atomic E-state index is 0.158. The molecule has 2 heterocycles. The zero-order chi connectivity index (χ0) is 20.2. The second kappa shape index (κ2) is 8.60. The number of rotatable bonds is 6. The van der Waals surface area contributed by atoms with Crippen molar-refractivity contribution in [3.63, 3.8) is 0 Å². The molecule has 1 atom stereocenters. The fourth-order valence-corrected chi connectivity index (χ4v) is 4.02. The molecule has 5 heteroatoms. The van der Waals surface area contributed by atoms with Gasteiger partial charge in [0.1, 0.15) is 17.6 Å². The van der Waals surface area contributed by atoms with Crippen LogP contribution in [0, 0.1) is 0 Å². The lowest BCUT2D eigenvalue weighted by Gasteiger charge is -2.21. The molecule has 0 aliphatic carbocycles. The van der Waals surface area contributed by atoms with E-state index in [1.165, 1.54) is 12.8 Å². The van der Waals surface area contributed by atoms with Crippen LogP contribution in [0.2, 0.25) is 0 Å². The average molecular weight is 392 g/mol. The van der Waals surface area contributed by atoms with Crippen molar-refractivity contribution in [3.05, 3.63) is 53.6 Å². The Morgan fingerprint density at radius 2 is 2.07 bits per heavy atom. The smallest absolute Gasteiger partial charge is 0.248 e. The molecule has 0 radical (unpaired) electrons. The molecule has 5 nitrogen and oxygen atoms in total. The number of carbonyl (C=O) groups is 1. The first-order chi connectivity index (χ1) is 14.1. The maximum Gasteiger partial charge on any atom is 0.248 e. The Morgan fingerprint density at radius 3 is 2.86 bits per heavy atom. The van der Waals surface area contributed by atoms with Crippen LogP contribution in [0.1, 0.15) is 37.8 Å². The molecule has 0 aromatic heterocycles. The standard InChI is InChI=1S/C24H28N2O3/c1-3-28-22-16-19-14-17(2)29-23(19)15-18(22)10-11-24(27)25-20-8-4-5-9-21(20)26-12-6-7-13-26/h4-5,8-11,15-17H,3,6-7,12-14H2,1-2H3,(H,25,27)/b11-10+. The number of hydrogen-bond acceptors (Lipinski definition) is 4. The number of nitrogens with one attached hydrogen (secondary N) is 1. The Morgan fingerprint density at radius 1 is 1.28 bits per heavy atom. The number of benzene rings is 2. The first kappa shape index (κ1) is 19.4. The topological polar surface area (TPSA) is 50.8 Å². The van der Waals surface area contributed by atoms with E-state index in [1.54, 1.807) is 12.2 Å². The number of nitrogens with zero attached hydrogens (tertiary/aromatic N) is 1. The molecule has 152 valence electrons. The molecule has 1 fully saturated rings. The highest BCUT2D eigenvalue weighted by Gasteiger charge is 2.21. The van der Waals surface area contributed by atoms with Gasteiger partial charge in [-0.3, -0.25) is 4.79 Å². The van der Waals surface area contributed by atoms with Crippen LogP contribution in [-0.4, -0.2) is 31.7 Å². The zero-order valence-electron chi connectivity index (χ0n) is 17.1. The summed E-state index contributed by atoms with van der Waals surface area (Å²) in [5.74, 6) is 1.50. The lowest BCUT2D eigenvalue weighted by molar-refractivity contribution is -0.111. The van der Waals surface area contributed by atoms with Gasteiger partial charge in [0.25, 0.3) is 0 Å². The minimum Gasteiger partial charge on any atom is -0.493 e. The van der Waals surface area contributed by atoms with Gasteiger partial charge in [-0.2, -0.15) is 0 Å². The molecule has 0 spiro atoms. The van der Waals surface area contributed by atoms with Crippen molar-refractivity contribution < 1.29 is 14.3 Å². The van der Waals surface area contributed by atoms with E-state index in [0.29, 0.717) is 6.61 Å². The molecule has 2 aromatic rings. The average Bonchev–Trinajstić information content (AvgIpc) is 3.35. The molecule has 0 bridgehead atoms. The molecule has 1 unspecified atom stereocenters. The minimum atomic E-state index is -0.158. The fourth-order valence-electron chi connectivity index (χ4n) is 4.02. The van der Waals surface area contributed by atoms with Gasteiger partial charge in [0.05, 0.1) is 18.0 Å². The predicted molar refractivity (Wildman–Crippen MR) is 117 cm³/mol. The van der Waals surface area contributed by atoms with E-state index in [2.05, 4.69) is 23.2 Å². The van der Waals surface area contributed by atoms with Crippen LogP contribution in [0.15, 0.2) is 42.5 Å². The van der Waals surface area contributed by atoms with Gasteiger partial charge in [0, 0.05) is 36.7 Å². The first-order valence-electron chi connectivity index (χ1n) is 10.4. The molecule has 1 amide bonds. The summed E-state index contributed by atoms with van der Waals surface area (Å²) in [6.07, 6.45) is 6.80. The molecular weight excluding hydrogens is 364 g/mol. The molecule has 2 aliphatic rings. The largest absolute Gasteiger partial charge is 0.493 e. The second-order valence-electron chi connectivity index (χ2n) is 7.60. The number of amides is 1. The van der Waals surface area contributed by atoms with Crippen LogP contribution >= 0.6 is 0 Å². The molecule has 1 N–H and O–H groups in total. The molecule has 0 saturated carbocycles. The Balaban J connectivity index is 1.51. The number of para-hydroxylation sites is 2. The summed E-state index contributed by atoms with van der Waals surface area (Å²) in [6, 6.07) is 12.0. The van der Waals surface area contributed by atoms with Crippen molar-refractivity contribution in [2.75, 3.05) is 29.9 Å². The van der Waals surface area contributed by atoms with Gasteiger partial charge in [-0.05, 0) is 57.0 Å². The summed E-state index contributed by atoms with van der Waals surface area (Å²) in [5.41, 5.74) is 3.94. The highest BCUT2D eigenvalue weighted by molar-refractivity contribution is 6.04. The van der Waals surface area contributed by atoms with Gasteiger partial charge in [0.2, 0.25) is 5.91 Å². The summed E-state index contributed by atoms with van der Waals surface area (Å²) in [4.78, 5) is 14.9. The second-order valence-corrected chi connectivity index (χ2v) is 7.60. The third-order valence-electron chi connectivity index (χ3n) is 5.35. The van der Waals surface area contributed by atoms with Crippen LogP contribution in [-0.2, 0) is 11.2 Å². The molecule has 1 saturated heterocycles. The van der Waals surface area contributed by atoms with Crippen molar-refractivity contribution in [1.82, 2.24) is 0 Å². The quantitative estimate of drug-likeness (QED) is 0.727. The Bertz CT molecular complexity index is 916. The van der Waals surface area contributed by atoms with Crippen molar-refractivity contribution in [2.45, 2.75) is 39.2 Å². The van der Waals surface area contributed by atoms with E-state index in [-0.39, 0.29) is 12.0 Å². The molecule has 2 aromatic carbocycles. The lowest BCUT2D eigenvalue weighted by atomic mass is 10.1. The first-order valence-corrected chi connectivity index (χ1v) is 10.4. The van der Waals surface area contributed by atoms with Crippen LogP contribution in [0.4, 0.5) is 11.4 Å². The van der Waals surface area contributed by atoms with Gasteiger partial charge in [-0.15, -0.1) is 0 Å². The van der Waals surface area contributed by atoms with Gasteiger partial charge in [0.15, 0.2) is 0 Å². The number of anilines is 2. The van der Waals surface area contributed by atoms with Crippen molar-refractivity contribution >= 4 is 23.4 Å². The Labute approximate surface area is 172 Å². The monoisotopic (exact) mass is 392 g/mol. The SMILES string of the molecule is CCOc1cc2c(cc1/C=C/C(=O)Nc1ccccc1N1CCCC1)OC(C)C2. The number of fused-ring (bicyclic) bond motifs is 1. The van der Waals surface area contributed by atoms with E-state index < -0.39 is 0 Å². The maximum atomic E-state index is 12.6. The number of ether oxygens (including phenoxy) is 2. The summed E-state index contributed by atoms with van der Waals surface area (Å²) < 4.78 is 11.6. The summed E-state index contributed by atoms with van der Waals surface area (Å²) >= 11 is 0. The Hall–Kier alpha value is -2.95. The highest BCUT2D eigenvalue weighted by atomic mass is 16.5. The van der Waals surface area contributed by atoms with Crippen LogP contribution in [0.3, 0.4) is 0 Å². The van der Waals surface area contributed by atoms with Crippen molar-refractivity contribution in [2.24, 2.45) is 0 Å². The highest BCUT2D eigenvalue weighted by Crippen LogP contribution is 2.36. The van der Waals surface area contributed by atoms with Crippen molar-refractivity contribution in [3.8, 4) is 11.5 Å². The third kappa shape index (κ3) is 4.39. The van der Waals surface area contributed by atoms with Crippen LogP contribution in [0.25, 0.3) is 6.08 Å². The van der Waals surface area contributed by atoms with E-state index in [9.17, 15) is 4.79 Å². The summed E-state index contributed by atoms with van der Waals surface area (Å²) in [6.45, 7) is 6.66. The molecule has 2 aliphatic heterocycles. The Kier molecular flexibility index (Phi) is 5.74. The predicted octanol–water partition coefficient (Wildman–Crippen LogP) is 4.66. The summed E-state index contributed by atoms with van der Waals surface area (Å²) in [7, 11) is 0. The zero-order valence-corrected chi connectivity index (χ0v) is 17.1. The van der Waals surface area contributed by atoms with Gasteiger partial charge >= 0.3 is 0 Å². The van der Waals surface area contributed by atoms with Gasteiger partial charge in [-0.25, -0.2) is 0 Å². The van der Waals surface area contributed by atoms with E-state index >= 15 is 0 Å². The van der Waals surface area contributed by atoms with Gasteiger partial charge in [-0.1, -0.05) is 12.1 Å². The fraction of sp³-hybridized carbons (Fsp3) is 0.375. The molecule has 4 rings (SSSR count). The van der Waals surface area contributed by atoms with E-state index in [1.807, 2.05) is 37.3 Å². The number of hydrogen-bond donors (Lipinski definition) is 1. The molecular formula is C24H28N2O3. The van der Waals surface area contributed by atoms with Gasteiger partial charge < -0.3 is 19.7 Å². The van der Waals surface area contributed by atoms with Crippen molar-refractivity contribution in [1.29, 1.82) is 0 Å². The normalized spacial score (nSPS) is 18.0. The number of carbonyl (C=O) groups excluding carboxylic acids is 1.